The Morgan fingerprint density at radius 2 is 1.14 bits per heavy atom. The average molecular weight is 780 g/mol. The summed E-state index contributed by atoms with van der Waals surface area (Å²) < 4.78 is 37.4. The molecule has 8 rings (SSSR count). The van der Waals surface area contributed by atoms with Crippen molar-refractivity contribution in [2.75, 3.05) is 68.1 Å². The number of anilines is 3. The Bertz CT molecular complexity index is 2540. The van der Waals surface area contributed by atoms with Gasteiger partial charge in [-0.1, -0.05) is 6.07 Å². The molecule has 0 saturated carbocycles. The second-order valence-electron chi connectivity index (χ2n) is 13.7. The van der Waals surface area contributed by atoms with E-state index in [4.69, 9.17) is 20.3 Å². The maximum Gasteiger partial charge on any atom is 0.337 e. The van der Waals surface area contributed by atoms with E-state index in [1.54, 1.807) is 24.3 Å². The number of nitrogens with one attached hydrogen (secondary N) is 2. The smallest absolute Gasteiger partial charge is 0.337 e. The maximum atomic E-state index is 13.9. The number of ketones is 1. The largest absolute Gasteiger partial charge is 0.478 e. The molecular formula is C43H43F2N5O7. The molecule has 4 aromatic carbocycles. The molecule has 0 atom stereocenters. The minimum Gasteiger partial charge on any atom is -0.478 e. The third-order valence-electron chi connectivity index (χ3n) is 9.70. The molecule has 14 heteroatoms. The number of carboxylic acids is 1. The van der Waals surface area contributed by atoms with Crippen LogP contribution in [-0.4, -0.2) is 79.4 Å². The fourth-order valence-corrected chi connectivity index (χ4v) is 6.87. The van der Waals surface area contributed by atoms with Gasteiger partial charge in [-0.2, -0.15) is 0 Å². The van der Waals surface area contributed by atoms with Gasteiger partial charge in [0.2, 0.25) is 11.1 Å². The zero-order valence-electron chi connectivity index (χ0n) is 31.6. The number of aromatic amines is 2. The van der Waals surface area contributed by atoms with Crippen LogP contribution >= 0.6 is 0 Å². The lowest BCUT2D eigenvalue weighted by Crippen LogP contribution is -2.37. The number of nitrogens with zero attached hydrogens (tertiary/aromatic N) is 2. The van der Waals surface area contributed by atoms with Gasteiger partial charge < -0.3 is 40.1 Å². The monoisotopic (exact) mass is 779 g/mol. The summed E-state index contributed by atoms with van der Waals surface area (Å²) in [5.74, 6) is -2.20. The van der Waals surface area contributed by atoms with Crippen molar-refractivity contribution in [3.05, 3.63) is 145 Å². The number of ether oxygens (including phenoxy) is 2. The molecule has 2 aliphatic heterocycles. The number of pyridine rings is 2. The number of hydrogen-bond acceptors (Lipinski definition) is 9. The van der Waals surface area contributed by atoms with E-state index in [9.17, 15) is 28.0 Å². The predicted octanol–water partition coefficient (Wildman–Crippen LogP) is 6.02. The Morgan fingerprint density at radius 1 is 0.667 bits per heavy atom. The van der Waals surface area contributed by atoms with Gasteiger partial charge in [0.1, 0.15) is 11.6 Å². The molecule has 2 aliphatic rings. The number of hydrogen-bond donors (Lipinski definition) is 4. The van der Waals surface area contributed by atoms with Crippen molar-refractivity contribution in [3.8, 4) is 0 Å². The van der Waals surface area contributed by atoms with Crippen LogP contribution in [0, 0.1) is 25.5 Å². The molecule has 0 bridgehead atoms. The third kappa shape index (κ3) is 10.1. The van der Waals surface area contributed by atoms with Gasteiger partial charge in [-0.05, 0) is 97.3 Å². The summed E-state index contributed by atoms with van der Waals surface area (Å²) >= 11 is 0. The Kier molecular flexibility index (Phi) is 12.8. The van der Waals surface area contributed by atoms with E-state index in [2.05, 4.69) is 14.9 Å². The minimum absolute atomic E-state index is 0.00176. The van der Waals surface area contributed by atoms with Crippen LogP contribution < -0.4 is 26.7 Å². The maximum absolute atomic E-state index is 13.9. The van der Waals surface area contributed by atoms with Gasteiger partial charge >= 0.3 is 5.97 Å². The number of rotatable bonds is 6. The summed E-state index contributed by atoms with van der Waals surface area (Å²) in [7, 11) is 0. The number of carboxylic acid groups (broad SMARTS) is 1. The number of carbonyl (C=O) groups excluding carboxylic acids is 1. The molecule has 2 aromatic heterocycles. The van der Waals surface area contributed by atoms with E-state index >= 15 is 0 Å². The zero-order valence-corrected chi connectivity index (χ0v) is 31.6. The Hall–Kier alpha value is -6.38. The number of aromatic carboxylic acids is 1. The number of fused-ring (bicyclic) bond motifs is 2. The topological polar surface area (TPSA) is 171 Å². The summed E-state index contributed by atoms with van der Waals surface area (Å²) in [5.41, 5.74) is 12.0. The van der Waals surface area contributed by atoms with Crippen LogP contribution in [0.2, 0.25) is 0 Å². The molecule has 5 N–H and O–H groups in total. The van der Waals surface area contributed by atoms with Gasteiger partial charge in [-0.3, -0.25) is 14.4 Å². The van der Waals surface area contributed by atoms with Crippen molar-refractivity contribution < 1.29 is 33.0 Å². The molecule has 2 fully saturated rings. The second kappa shape index (κ2) is 18.0. The Balaban J connectivity index is 0.000000160. The molecule has 296 valence electrons. The molecule has 0 unspecified atom stereocenters. The molecule has 6 aromatic rings. The van der Waals surface area contributed by atoms with Gasteiger partial charge in [0, 0.05) is 83.5 Å². The Morgan fingerprint density at radius 3 is 1.67 bits per heavy atom. The predicted molar refractivity (Wildman–Crippen MR) is 217 cm³/mol. The summed E-state index contributed by atoms with van der Waals surface area (Å²) in [6.07, 6.45) is 0.162. The first-order chi connectivity index (χ1) is 27.4. The highest BCUT2D eigenvalue weighted by atomic mass is 19.1. The first kappa shape index (κ1) is 40.3. The van der Waals surface area contributed by atoms with Crippen molar-refractivity contribution in [3.63, 3.8) is 0 Å². The molecule has 4 heterocycles. The summed E-state index contributed by atoms with van der Waals surface area (Å²) in [5, 5.41) is 10.9. The van der Waals surface area contributed by atoms with Gasteiger partial charge in [0.15, 0.2) is 5.78 Å². The number of nitrogen functional groups attached to an aromatic ring is 1. The van der Waals surface area contributed by atoms with Crippen LogP contribution in [-0.2, 0) is 15.9 Å². The van der Waals surface area contributed by atoms with Crippen molar-refractivity contribution in [1.82, 2.24) is 9.97 Å². The van der Waals surface area contributed by atoms with Crippen LogP contribution in [0.1, 0.15) is 37.4 Å². The number of halogens is 2. The lowest BCUT2D eigenvalue weighted by Gasteiger charge is -2.30. The van der Waals surface area contributed by atoms with Gasteiger partial charge in [0.05, 0.1) is 37.7 Å². The first-order valence-corrected chi connectivity index (χ1v) is 18.4. The van der Waals surface area contributed by atoms with Crippen LogP contribution in [0.5, 0.6) is 0 Å². The summed E-state index contributed by atoms with van der Waals surface area (Å²) in [6.45, 7) is 8.69. The van der Waals surface area contributed by atoms with E-state index in [1.165, 1.54) is 30.3 Å². The van der Waals surface area contributed by atoms with Crippen LogP contribution in [0.3, 0.4) is 0 Å². The molecular weight excluding hydrogens is 736 g/mol. The van der Waals surface area contributed by atoms with Crippen molar-refractivity contribution >= 4 is 50.6 Å². The lowest BCUT2D eigenvalue weighted by atomic mass is 9.98. The van der Waals surface area contributed by atoms with Crippen LogP contribution in [0.4, 0.5) is 25.8 Å². The number of nitrogens with two attached hydrogens (primary N) is 1. The minimum atomic E-state index is -1.11. The lowest BCUT2D eigenvalue weighted by molar-refractivity contribution is 0.0695. The number of aromatic nitrogens is 2. The SMILES string of the molecule is Cc1cc(=O)[nH]c2ccc(CC(=O)c3cc(F)ccc3N3CCOCC3)cc12.Cc1cc(=O)[nH]c2ccc(N)cc12.O=C(O)c1cc(F)ccc1N1CCOCC1. The normalized spacial score (nSPS) is 14.0. The highest BCUT2D eigenvalue weighted by Crippen LogP contribution is 2.26. The molecule has 0 radical (unpaired) electrons. The average Bonchev–Trinajstić information content (AvgIpc) is 3.19. The standard InChI is InChI=1S/C22H21FN2O3.C11H12FNO3.C10H10N2O/c1-14-10-22(27)24-19-4-2-15(11-17(14)19)12-21(26)18-13-16(23)3-5-20(18)25-6-8-28-9-7-25;12-8-1-2-10(9(7-8)11(14)15)13-3-5-16-6-4-13;1-6-4-10(13)12-9-3-2-7(11)5-8(6)9/h2-5,10-11,13H,6-9,12H2,1H3,(H,24,27);1-2,7H,3-6H2,(H,14,15);2-5H,11H2,1H3,(H,12,13). The number of H-pyrrole nitrogens is 2. The number of Topliss-reactive ketones (excluding diaryl/α,β-unsaturated/α-hetero) is 1. The molecule has 57 heavy (non-hydrogen) atoms. The van der Waals surface area contributed by atoms with Crippen molar-refractivity contribution in [2.24, 2.45) is 0 Å². The fraction of sp³-hybridized carbons (Fsp3) is 0.256. The van der Waals surface area contributed by atoms with E-state index < -0.39 is 17.6 Å². The van der Waals surface area contributed by atoms with E-state index in [0.717, 1.165) is 50.2 Å². The van der Waals surface area contributed by atoms with Crippen LogP contribution in [0.15, 0.2) is 94.5 Å². The quantitative estimate of drug-likeness (QED) is 0.116. The van der Waals surface area contributed by atoms with Crippen LogP contribution in [0.25, 0.3) is 21.8 Å². The number of morpholine rings is 2. The highest BCUT2D eigenvalue weighted by Gasteiger charge is 2.21. The van der Waals surface area contributed by atoms with Gasteiger partial charge in [-0.25, -0.2) is 13.6 Å². The molecule has 0 aliphatic carbocycles. The number of benzene rings is 4. The van der Waals surface area contributed by atoms with Crippen molar-refractivity contribution in [1.29, 1.82) is 0 Å². The van der Waals surface area contributed by atoms with Crippen molar-refractivity contribution in [2.45, 2.75) is 20.3 Å². The molecule has 2 saturated heterocycles. The van der Waals surface area contributed by atoms with E-state index in [-0.39, 0.29) is 28.9 Å². The van der Waals surface area contributed by atoms with Gasteiger partial charge in [-0.15, -0.1) is 0 Å². The fourth-order valence-electron chi connectivity index (χ4n) is 6.87. The number of aryl methyl sites for hydroxylation is 2. The Labute approximate surface area is 326 Å². The summed E-state index contributed by atoms with van der Waals surface area (Å²) in [4.78, 5) is 56.2. The molecule has 12 nitrogen and oxygen atoms in total. The third-order valence-corrected chi connectivity index (χ3v) is 9.70. The van der Waals surface area contributed by atoms with E-state index in [1.807, 2.05) is 43.0 Å². The first-order valence-electron chi connectivity index (χ1n) is 18.4. The zero-order chi connectivity index (χ0) is 40.6. The number of carbonyl (C=O) groups is 2. The molecule has 0 amide bonds. The molecule has 0 spiro atoms. The summed E-state index contributed by atoms with van der Waals surface area (Å²) in [6, 6.07) is 22.3. The highest BCUT2D eigenvalue weighted by molar-refractivity contribution is 6.03. The van der Waals surface area contributed by atoms with E-state index in [0.29, 0.717) is 69.5 Å². The van der Waals surface area contributed by atoms with Gasteiger partial charge in [0.25, 0.3) is 0 Å². The second-order valence-corrected chi connectivity index (χ2v) is 13.7.